The van der Waals surface area contributed by atoms with Crippen molar-refractivity contribution in [2.45, 2.75) is 45.6 Å². The average Bonchev–Trinajstić information content (AvgIpc) is 2.65. The van der Waals surface area contributed by atoms with E-state index in [2.05, 4.69) is 15.5 Å². The van der Waals surface area contributed by atoms with Gasteiger partial charge in [0.1, 0.15) is 0 Å². The predicted molar refractivity (Wildman–Crippen MR) is 63.6 cm³/mol. The number of nitrogens with one attached hydrogen (secondary N) is 1. The number of hydrogen-bond acceptors (Lipinski definition) is 5. The summed E-state index contributed by atoms with van der Waals surface area (Å²) >= 11 is 0. The van der Waals surface area contributed by atoms with Crippen LogP contribution in [0.5, 0.6) is 0 Å². The molecule has 96 valence electrons. The standard InChI is InChI=1S/C11H20N4O2/c1-6-13-8(16)7-14-9(17-15-7)10(2,3)11(4,5)12/h6,12H2,1-5H3,(H,13,16). The second-order valence-corrected chi connectivity index (χ2v) is 5.13. The fourth-order valence-corrected chi connectivity index (χ4v) is 1.08. The summed E-state index contributed by atoms with van der Waals surface area (Å²) in [7, 11) is 0. The highest BCUT2D eigenvalue weighted by Gasteiger charge is 2.40. The van der Waals surface area contributed by atoms with Crippen LogP contribution in [0.4, 0.5) is 0 Å². The van der Waals surface area contributed by atoms with E-state index in [1.807, 2.05) is 34.6 Å². The highest BCUT2D eigenvalue weighted by Crippen LogP contribution is 2.31. The lowest BCUT2D eigenvalue weighted by Crippen LogP contribution is -2.50. The van der Waals surface area contributed by atoms with Crippen molar-refractivity contribution in [2.75, 3.05) is 6.54 Å². The molecule has 0 bridgehead atoms. The summed E-state index contributed by atoms with van der Waals surface area (Å²) in [5.74, 6) is 0.0681. The van der Waals surface area contributed by atoms with Crippen LogP contribution in [0.1, 0.15) is 51.1 Å². The Morgan fingerprint density at radius 1 is 1.41 bits per heavy atom. The van der Waals surface area contributed by atoms with Gasteiger partial charge in [-0.05, 0) is 34.6 Å². The van der Waals surface area contributed by atoms with E-state index in [1.165, 1.54) is 0 Å². The number of hydrogen-bond donors (Lipinski definition) is 2. The Bertz CT molecular complexity index is 404. The first-order valence-electron chi connectivity index (χ1n) is 5.61. The molecule has 0 radical (unpaired) electrons. The average molecular weight is 240 g/mol. The molecule has 0 saturated heterocycles. The number of amides is 1. The van der Waals surface area contributed by atoms with E-state index in [0.29, 0.717) is 12.4 Å². The number of aromatic nitrogens is 2. The highest BCUT2D eigenvalue weighted by atomic mass is 16.5. The van der Waals surface area contributed by atoms with E-state index in [-0.39, 0.29) is 11.7 Å². The molecular weight excluding hydrogens is 220 g/mol. The summed E-state index contributed by atoms with van der Waals surface area (Å²) in [5, 5.41) is 6.27. The Balaban J connectivity index is 2.99. The first kappa shape index (κ1) is 13.6. The number of nitrogens with two attached hydrogens (primary N) is 1. The minimum absolute atomic E-state index is 0.0409. The van der Waals surface area contributed by atoms with Crippen LogP contribution in [0.2, 0.25) is 0 Å². The Kier molecular flexibility index (Phi) is 3.56. The fraction of sp³-hybridized carbons (Fsp3) is 0.727. The van der Waals surface area contributed by atoms with E-state index < -0.39 is 11.0 Å². The van der Waals surface area contributed by atoms with Crippen LogP contribution in [0.3, 0.4) is 0 Å². The van der Waals surface area contributed by atoms with Gasteiger partial charge in [-0.15, -0.1) is 0 Å². The van der Waals surface area contributed by atoms with Crippen LogP contribution in [-0.2, 0) is 5.41 Å². The van der Waals surface area contributed by atoms with Crippen LogP contribution in [-0.4, -0.2) is 28.1 Å². The van der Waals surface area contributed by atoms with Gasteiger partial charge in [-0.2, -0.15) is 4.98 Å². The summed E-state index contributed by atoms with van der Waals surface area (Å²) in [4.78, 5) is 15.6. The zero-order chi connectivity index (χ0) is 13.3. The first-order chi connectivity index (χ1) is 7.70. The summed E-state index contributed by atoms with van der Waals surface area (Å²) < 4.78 is 5.12. The number of carbonyl (C=O) groups excluding carboxylic acids is 1. The van der Waals surface area contributed by atoms with Gasteiger partial charge in [0.15, 0.2) is 0 Å². The molecule has 0 spiro atoms. The molecule has 0 atom stereocenters. The Morgan fingerprint density at radius 3 is 2.47 bits per heavy atom. The van der Waals surface area contributed by atoms with Gasteiger partial charge in [0.2, 0.25) is 5.89 Å². The molecule has 3 N–H and O–H groups in total. The third kappa shape index (κ3) is 2.63. The van der Waals surface area contributed by atoms with E-state index in [1.54, 1.807) is 0 Å². The Hall–Kier alpha value is -1.43. The van der Waals surface area contributed by atoms with Crippen molar-refractivity contribution in [2.24, 2.45) is 5.73 Å². The maximum absolute atomic E-state index is 11.5. The van der Waals surface area contributed by atoms with Crippen LogP contribution in [0.25, 0.3) is 0 Å². The number of nitrogens with zero attached hydrogens (tertiary/aromatic N) is 2. The molecule has 6 heteroatoms. The molecule has 1 heterocycles. The molecule has 0 aliphatic carbocycles. The lowest BCUT2D eigenvalue weighted by molar-refractivity contribution is 0.0942. The Labute approximate surface area is 101 Å². The zero-order valence-corrected chi connectivity index (χ0v) is 11.0. The molecule has 0 aromatic carbocycles. The van der Waals surface area contributed by atoms with Gasteiger partial charge in [0, 0.05) is 12.1 Å². The van der Waals surface area contributed by atoms with Crippen LogP contribution in [0, 0.1) is 0 Å². The third-order valence-corrected chi connectivity index (χ3v) is 3.11. The van der Waals surface area contributed by atoms with Crippen LogP contribution in [0.15, 0.2) is 4.52 Å². The van der Waals surface area contributed by atoms with E-state index in [9.17, 15) is 4.79 Å². The molecule has 17 heavy (non-hydrogen) atoms. The largest absolute Gasteiger partial charge is 0.349 e. The summed E-state index contributed by atoms with van der Waals surface area (Å²) in [5.41, 5.74) is 5.02. The van der Waals surface area contributed by atoms with Crippen molar-refractivity contribution in [3.05, 3.63) is 11.7 Å². The van der Waals surface area contributed by atoms with Gasteiger partial charge in [0.25, 0.3) is 11.7 Å². The van der Waals surface area contributed by atoms with Gasteiger partial charge >= 0.3 is 0 Å². The van der Waals surface area contributed by atoms with Gasteiger partial charge in [-0.25, -0.2) is 0 Å². The molecule has 0 aliphatic rings. The highest BCUT2D eigenvalue weighted by molar-refractivity contribution is 5.90. The maximum atomic E-state index is 11.5. The smallest absolute Gasteiger partial charge is 0.292 e. The molecule has 0 aliphatic heterocycles. The second kappa shape index (κ2) is 4.44. The lowest BCUT2D eigenvalue weighted by atomic mass is 9.75. The minimum Gasteiger partial charge on any atom is -0.349 e. The van der Waals surface area contributed by atoms with Crippen LogP contribution < -0.4 is 11.1 Å². The van der Waals surface area contributed by atoms with Crippen molar-refractivity contribution in [3.63, 3.8) is 0 Å². The Morgan fingerprint density at radius 2 is 2.00 bits per heavy atom. The monoisotopic (exact) mass is 240 g/mol. The molecular formula is C11H20N4O2. The topological polar surface area (TPSA) is 94.0 Å². The molecule has 1 aromatic heterocycles. The molecule has 0 fully saturated rings. The van der Waals surface area contributed by atoms with Crippen molar-refractivity contribution in [3.8, 4) is 0 Å². The van der Waals surface area contributed by atoms with E-state index in [0.717, 1.165) is 0 Å². The van der Waals surface area contributed by atoms with E-state index in [4.69, 9.17) is 10.3 Å². The van der Waals surface area contributed by atoms with Crippen molar-refractivity contribution in [1.82, 2.24) is 15.5 Å². The zero-order valence-electron chi connectivity index (χ0n) is 11.0. The first-order valence-corrected chi connectivity index (χ1v) is 5.61. The van der Waals surface area contributed by atoms with Crippen LogP contribution >= 0.6 is 0 Å². The quantitative estimate of drug-likeness (QED) is 0.813. The summed E-state index contributed by atoms with van der Waals surface area (Å²) in [6, 6.07) is 0. The third-order valence-electron chi connectivity index (χ3n) is 3.11. The molecule has 1 aromatic rings. The summed E-state index contributed by atoms with van der Waals surface area (Å²) in [6.07, 6.45) is 0. The predicted octanol–water partition coefficient (Wildman–Crippen LogP) is 0.834. The molecule has 0 unspecified atom stereocenters. The summed E-state index contributed by atoms with van der Waals surface area (Å²) in [6.45, 7) is 9.91. The van der Waals surface area contributed by atoms with Gasteiger partial charge in [-0.3, -0.25) is 4.79 Å². The van der Waals surface area contributed by atoms with Gasteiger partial charge < -0.3 is 15.6 Å². The molecule has 6 nitrogen and oxygen atoms in total. The molecule has 1 rings (SSSR count). The molecule has 1 amide bonds. The van der Waals surface area contributed by atoms with Gasteiger partial charge in [-0.1, -0.05) is 5.16 Å². The number of carbonyl (C=O) groups is 1. The fourth-order valence-electron chi connectivity index (χ4n) is 1.08. The lowest BCUT2D eigenvalue weighted by Gasteiger charge is -2.34. The van der Waals surface area contributed by atoms with Gasteiger partial charge in [0.05, 0.1) is 5.41 Å². The molecule has 0 saturated carbocycles. The number of rotatable bonds is 4. The maximum Gasteiger partial charge on any atom is 0.292 e. The van der Waals surface area contributed by atoms with E-state index >= 15 is 0 Å². The second-order valence-electron chi connectivity index (χ2n) is 5.13. The SMILES string of the molecule is CCNC(=O)c1noc(C(C)(C)C(C)(C)N)n1. The minimum atomic E-state index is -0.530. The normalized spacial score (nSPS) is 12.6. The van der Waals surface area contributed by atoms with Crippen molar-refractivity contribution < 1.29 is 9.32 Å². The van der Waals surface area contributed by atoms with Crippen molar-refractivity contribution in [1.29, 1.82) is 0 Å². The van der Waals surface area contributed by atoms with Crippen molar-refractivity contribution >= 4 is 5.91 Å².